The lowest BCUT2D eigenvalue weighted by Gasteiger charge is -2.34. The van der Waals surface area contributed by atoms with Crippen molar-refractivity contribution in [3.8, 4) is 5.75 Å². The van der Waals surface area contributed by atoms with Gasteiger partial charge in [0, 0.05) is 44.8 Å². The molecule has 1 aromatic carbocycles. The summed E-state index contributed by atoms with van der Waals surface area (Å²) in [6.07, 6.45) is 1.02. The van der Waals surface area contributed by atoms with E-state index in [0.29, 0.717) is 43.6 Å². The van der Waals surface area contributed by atoms with E-state index in [1.165, 1.54) is 17.5 Å². The van der Waals surface area contributed by atoms with Gasteiger partial charge in [-0.1, -0.05) is 13.8 Å². The molecule has 1 amide bonds. The molecule has 2 fully saturated rings. The van der Waals surface area contributed by atoms with Gasteiger partial charge in [-0.15, -0.1) is 12.4 Å². The van der Waals surface area contributed by atoms with Crippen LogP contribution >= 0.6 is 12.4 Å². The van der Waals surface area contributed by atoms with E-state index in [1.54, 1.807) is 17.0 Å². The van der Waals surface area contributed by atoms with Crippen LogP contribution in [0, 0.1) is 11.8 Å². The second kappa shape index (κ2) is 9.43. The van der Waals surface area contributed by atoms with E-state index in [1.807, 2.05) is 0 Å². The largest absolute Gasteiger partial charge is 0.495 e. The molecule has 7 nitrogen and oxygen atoms in total. The number of nitrogens with one attached hydrogen (secondary N) is 1. The van der Waals surface area contributed by atoms with Crippen molar-refractivity contribution in [2.24, 2.45) is 11.8 Å². The van der Waals surface area contributed by atoms with Gasteiger partial charge in [0.2, 0.25) is 10.0 Å². The van der Waals surface area contributed by atoms with Crippen LogP contribution in [0.4, 0.5) is 0 Å². The molecule has 3 rings (SSSR count). The summed E-state index contributed by atoms with van der Waals surface area (Å²) in [5.41, 5.74) is 0.384. The zero-order valence-electron chi connectivity index (χ0n) is 16.7. The zero-order valence-corrected chi connectivity index (χ0v) is 18.3. The quantitative estimate of drug-likeness (QED) is 0.786. The number of ether oxygens (including phenoxy) is 1. The van der Waals surface area contributed by atoms with Gasteiger partial charge in [-0.2, -0.15) is 4.31 Å². The first-order valence-electron chi connectivity index (χ1n) is 9.51. The number of carbonyl (C=O) groups excluding carboxylic acids is 1. The number of nitrogens with zero attached hydrogens (tertiary/aromatic N) is 2. The Balaban J connectivity index is 0.00000280. The number of amides is 1. The van der Waals surface area contributed by atoms with E-state index in [2.05, 4.69) is 19.2 Å². The Bertz CT molecular complexity index is 786. The number of piperidine rings is 1. The van der Waals surface area contributed by atoms with E-state index < -0.39 is 10.0 Å². The number of benzene rings is 1. The van der Waals surface area contributed by atoms with Crippen molar-refractivity contribution in [1.82, 2.24) is 14.5 Å². The molecule has 28 heavy (non-hydrogen) atoms. The van der Waals surface area contributed by atoms with Crippen molar-refractivity contribution in [3.63, 3.8) is 0 Å². The van der Waals surface area contributed by atoms with Gasteiger partial charge >= 0.3 is 0 Å². The van der Waals surface area contributed by atoms with Gasteiger partial charge in [-0.3, -0.25) is 4.79 Å². The molecule has 0 saturated carbocycles. The third-order valence-corrected chi connectivity index (χ3v) is 7.12. The fourth-order valence-corrected chi connectivity index (χ4v) is 5.86. The lowest BCUT2D eigenvalue weighted by atomic mass is 9.94. The Morgan fingerprint density at radius 3 is 2.32 bits per heavy atom. The molecule has 2 aliphatic rings. The van der Waals surface area contributed by atoms with Crippen molar-refractivity contribution < 1.29 is 17.9 Å². The minimum atomic E-state index is -3.73. The molecule has 2 aliphatic heterocycles. The topological polar surface area (TPSA) is 79.0 Å². The molecule has 1 N–H and O–H groups in total. The van der Waals surface area contributed by atoms with E-state index in [0.717, 1.165) is 19.5 Å². The Kier molecular flexibility index (Phi) is 7.73. The lowest BCUT2D eigenvalue weighted by Crippen LogP contribution is -2.46. The minimum Gasteiger partial charge on any atom is -0.495 e. The summed E-state index contributed by atoms with van der Waals surface area (Å²) in [7, 11) is -2.28. The van der Waals surface area contributed by atoms with Crippen LogP contribution in [0.5, 0.6) is 5.75 Å². The van der Waals surface area contributed by atoms with Crippen LogP contribution in [-0.4, -0.2) is 69.9 Å². The van der Waals surface area contributed by atoms with Gasteiger partial charge in [-0.05, 0) is 36.5 Å². The third-order valence-electron chi connectivity index (χ3n) is 5.27. The van der Waals surface area contributed by atoms with Gasteiger partial charge in [-0.25, -0.2) is 8.42 Å². The van der Waals surface area contributed by atoms with Crippen molar-refractivity contribution in [1.29, 1.82) is 0 Å². The number of methoxy groups -OCH3 is 1. The molecule has 2 heterocycles. The van der Waals surface area contributed by atoms with E-state index in [-0.39, 0.29) is 29.0 Å². The van der Waals surface area contributed by atoms with Crippen LogP contribution in [0.15, 0.2) is 23.1 Å². The number of hydrogen-bond acceptors (Lipinski definition) is 5. The fourth-order valence-electron chi connectivity index (χ4n) is 4.00. The van der Waals surface area contributed by atoms with Crippen molar-refractivity contribution >= 4 is 28.3 Å². The molecular formula is C19H30ClN3O4S. The van der Waals surface area contributed by atoms with Gasteiger partial charge in [0.05, 0.1) is 7.11 Å². The number of carbonyl (C=O) groups is 1. The maximum atomic E-state index is 13.3. The molecule has 2 atom stereocenters. The highest BCUT2D eigenvalue weighted by molar-refractivity contribution is 7.89. The fraction of sp³-hybridized carbons (Fsp3) is 0.632. The maximum absolute atomic E-state index is 13.3. The second-order valence-electron chi connectivity index (χ2n) is 7.68. The van der Waals surface area contributed by atoms with Crippen molar-refractivity contribution in [3.05, 3.63) is 23.8 Å². The molecule has 9 heteroatoms. The molecule has 0 aliphatic carbocycles. The highest BCUT2D eigenvalue weighted by Crippen LogP contribution is 2.32. The standard InChI is InChI=1S/C19H29N3O4S.ClH/c1-14-10-15(2)13-22(12-14)27(24,25)18-11-16(4-5-17(18)26-3)19(23)21-8-6-20-7-9-21;/h4-5,11,14-15,20H,6-10,12-13H2,1-3H3;1H. The predicted octanol–water partition coefficient (Wildman–Crippen LogP) is 1.83. The molecule has 0 bridgehead atoms. The molecule has 1 aromatic rings. The van der Waals surface area contributed by atoms with Crippen molar-refractivity contribution in [2.45, 2.75) is 25.2 Å². The van der Waals surface area contributed by atoms with Crippen LogP contribution in [0.2, 0.25) is 0 Å². The number of rotatable bonds is 4. The van der Waals surface area contributed by atoms with E-state index in [4.69, 9.17) is 4.74 Å². The smallest absolute Gasteiger partial charge is 0.253 e. The average Bonchev–Trinajstić information content (AvgIpc) is 2.66. The van der Waals surface area contributed by atoms with Crippen molar-refractivity contribution in [2.75, 3.05) is 46.4 Å². The summed E-state index contributed by atoms with van der Waals surface area (Å²) < 4.78 is 33.5. The summed E-state index contributed by atoms with van der Waals surface area (Å²) in [4.78, 5) is 14.6. The van der Waals surface area contributed by atoms with Crippen LogP contribution in [0.3, 0.4) is 0 Å². The highest BCUT2D eigenvalue weighted by Gasteiger charge is 2.34. The molecule has 0 spiro atoms. The summed E-state index contributed by atoms with van der Waals surface area (Å²) in [6.45, 7) is 7.85. The molecule has 0 radical (unpaired) electrons. The summed E-state index contributed by atoms with van der Waals surface area (Å²) in [5.74, 6) is 0.745. The van der Waals surface area contributed by atoms with Gasteiger partial charge in [0.1, 0.15) is 10.6 Å². The normalized spacial score (nSPS) is 23.8. The first-order valence-corrected chi connectivity index (χ1v) is 10.9. The van der Waals surface area contributed by atoms with E-state index >= 15 is 0 Å². The third kappa shape index (κ3) is 4.79. The van der Waals surface area contributed by atoms with E-state index in [9.17, 15) is 13.2 Å². The summed E-state index contributed by atoms with van der Waals surface area (Å²) in [5, 5.41) is 3.21. The molecule has 0 aromatic heterocycles. The Labute approximate surface area is 173 Å². The molecule has 2 saturated heterocycles. The van der Waals surface area contributed by atoms with Crippen LogP contribution in [-0.2, 0) is 10.0 Å². The number of hydrogen-bond donors (Lipinski definition) is 1. The first-order chi connectivity index (χ1) is 12.8. The maximum Gasteiger partial charge on any atom is 0.253 e. The summed E-state index contributed by atoms with van der Waals surface area (Å²) >= 11 is 0. The van der Waals surface area contributed by atoms with Crippen LogP contribution < -0.4 is 10.1 Å². The monoisotopic (exact) mass is 431 g/mol. The van der Waals surface area contributed by atoms with Gasteiger partial charge in [0.15, 0.2) is 0 Å². The van der Waals surface area contributed by atoms with Gasteiger partial charge < -0.3 is 15.0 Å². The predicted molar refractivity (Wildman–Crippen MR) is 111 cm³/mol. The molecule has 158 valence electrons. The SMILES string of the molecule is COc1ccc(C(=O)N2CCNCC2)cc1S(=O)(=O)N1CC(C)CC(C)C1.Cl. The zero-order chi connectivity index (χ0) is 19.6. The number of halogens is 1. The number of sulfonamides is 1. The summed E-state index contributed by atoms with van der Waals surface area (Å²) in [6, 6.07) is 4.70. The Morgan fingerprint density at radius 1 is 1.14 bits per heavy atom. The lowest BCUT2D eigenvalue weighted by molar-refractivity contribution is 0.0735. The average molecular weight is 432 g/mol. The first kappa shape index (κ1) is 22.9. The van der Waals surface area contributed by atoms with Crippen LogP contribution in [0.25, 0.3) is 0 Å². The molecule has 2 unspecified atom stereocenters. The minimum absolute atomic E-state index is 0. The second-order valence-corrected chi connectivity index (χ2v) is 9.58. The Morgan fingerprint density at radius 2 is 1.75 bits per heavy atom. The highest BCUT2D eigenvalue weighted by atomic mass is 35.5. The van der Waals surface area contributed by atoms with Crippen LogP contribution in [0.1, 0.15) is 30.6 Å². The Hall–Kier alpha value is -1.35. The molecular weight excluding hydrogens is 402 g/mol. The van der Waals surface area contributed by atoms with Gasteiger partial charge in [0.25, 0.3) is 5.91 Å². The number of piperazine rings is 1.